The van der Waals surface area contributed by atoms with Crippen molar-refractivity contribution in [3.63, 3.8) is 0 Å². The van der Waals surface area contributed by atoms with Crippen molar-refractivity contribution in [3.05, 3.63) is 71.6 Å². The number of halogens is 3. The Kier molecular flexibility index (Phi) is 3.66. The average Bonchev–Trinajstić information content (AvgIpc) is 2.96. The molecule has 0 amide bonds. The highest BCUT2D eigenvalue weighted by molar-refractivity contribution is 6.22. The molecule has 0 saturated heterocycles. The Labute approximate surface area is 124 Å². The predicted octanol–water partition coefficient (Wildman–Crippen LogP) is 4.34. The van der Waals surface area contributed by atoms with Crippen molar-refractivity contribution in [3.8, 4) is 11.5 Å². The standard InChI is InChI=1S/C15H9ClF2N2O/c16-13(9-4-2-1-3-5-9)15-20-19-14(21-15)10-6-11(17)8-12(18)7-10/h1-8,13H. The predicted molar refractivity (Wildman–Crippen MR) is 73.8 cm³/mol. The number of benzene rings is 2. The van der Waals surface area contributed by atoms with Crippen LogP contribution >= 0.6 is 11.6 Å². The molecule has 1 heterocycles. The zero-order chi connectivity index (χ0) is 14.8. The molecule has 21 heavy (non-hydrogen) atoms. The minimum absolute atomic E-state index is 0.0185. The van der Waals surface area contributed by atoms with E-state index >= 15 is 0 Å². The molecule has 3 nitrogen and oxygen atoms in total. The van der Waals surface area contributed by atoms with Gasteiger partial charge in [0.25, 0.3) is 0 Å². The lowest BCUT2D eigenvalue weighted by molar-refractivity contribution is 0.511. The Morgan fingerprint density at radius 2 is 1.62 bits per heavy atom. The van der Waals surface area contributed by atoms with Gasteiger partial charge in [0.1, 0.15) is 17.0 Å². The number of rotatable bonds is 3. The summed E-state index contributed by atoms with van der Waals surface area (Å²) in [5, 5.41) is 7.00. The van der Waals surface area contributed by atoms with Gasteiger partial charge < -0.3 is 4.42 Å². The summed E-state index contributed by atoms with van der Waals surface area (Å²) in [6.45, 7) is 0. The van der Waals surface area contributed by atoms with Gasteiger partial charge in [-0.05, 0) is 17.7 Å². The van der Waals surface area contributed by atoms with Crippen molar-refractivity contribution in [1.29, 1.82) is 0 Å². The fourth-order valence-corrected chi connectivity index (χ4v) is 2.13. The summed E-state index contributed by atoms with van der Waals surface area (Å²) in [6, 6.07) is 12.2. The van der Waals surface area contributed by atoms with Crippen LogP contribution in [0.3, 0.4) is 0 Å². The molecule has 0 bridgehead atoms. The highest BCUT2D eigenvalue weighted by Gasteiger charge is 2.19. The zero-order valence-corrected chi connectivity index (χ0v) is 11.4. The van der Waals surface area contributed by atoms with Gasteiger partial charge in [0.15, 0.2) is 0 Å². The van der Waals surface area contributed by atoms with Crippen molar-refractivity contribution in [1.82, 2.24) is 10.2 Å². The topological polar surface area (TPSA) is 38.9 Å². The SMILES string of the molecule is Fc1cc(F)cc(-c2nnc(C(Cl)c3ccccc3)o2)c1. The summed E-state index contributed by atoms with van der Waals surface area (Å²) in [6.07, 6.45) is 0. The molecule has 3 aromatic rings. The van der Waals surface area contributed by atoms with E-state index in [1.807, 2.05) is 30.3 Å². The Morgan fingerprint density at radius 1 is 0.952 bits per heavy atom. The molecule has 0 aliphatic heterocycles. The molecule has 0 saturated carbocycles. The third kappa shape index (κ3) is 2.92. The van der Waals surface area contributed by atoms with Crippen LogP contribution < -0.4 is 0 Å². The summed E-state index contributed by atoms with van der Waals surface area (Å²) in [5.74, 6) is -1.24. The molecule has 1 aromatic heterocycles. The van der Waals surface area contributed by atoms with Gasteiger partial charge in [0, 0.05) is 11.6 Å². The second kappa shape index (κ2) is 5.61. The van der Waals surface area contributed by atoms with Crippen molar-refractivity contribution < 1.29 is 13.2 Å². The maximum atomic E-state index is 13.2. The average molecular weight is 307 g/mol. The molecule has 1 atom stereocenters. The van der Waals surface area contributed by atoms with E-state index in [1.54, 1.807) is 0 Å². The molecule has 6 heteroatoms. The number of alkyl halides is 1. The van der Waals surface area contributed by atoms with Crippen molar-refractivity contribution in [2.24, 2.45) is 0 Å². The van der Waals surface area contributed by atoms with E-state index in [2.05, 4.69) is 10.2 Å². The molecule has 2 aromatic carbocycles. The summed E-state index contributed by atoms with van der Waals surface area (Å²) in [7, 11) is 0. The second-order valence-electron chi connectivity index (χ2n) is 4.38. The van der Waals surface area contributed by atoms with E-state index in [0.29, 0.717) is 0 Å². The molecular weight excluding hydrogens is 298 g/mol. The summed E-state index contributed by atoms with van der Waals surface area (Å²) >= 11 is 6.25. The first-order valence-electron chi connectivity index (χ1n) is 6.12. The highest BCUT2D eigenvalue weighted by atomic mass is 35.5. The van der Waals surface area contributed by atoms with Crippen LogP contribution in [0.5, 0.6) is 0 Å². The quantitative estimate of drug-likeness (QED) is 0.676. The maximum absolute atomic E-state index is 13.2. The lowest BCUT2D eigenvalue weighted by atomic mass is 10.1. The van der Waals surface area contributed by atoms with E-state index in [1.165, 1.54) is 0 Å². The number of aromatic nitrogens is 2. The first kappa shape index (κ1) is 13.7. The molecular formula is C15H9ClF2N2O. The van der Waals surface area contributed by atoms with Crippen LogP contribution in [0.4, 0.5) is 8.78 Å². The van der Waals surface area contributed by atoms with E-state index in [-0.39, 0.29) is 17.3 Å². The molecule has 106 valence electrons. The smallest absolute Gasteiger partial charge is 0.248 e. The zero-order valence-electron chi connectivity index (χ0n) is 10.6. The summed E-state index contributed by atoms with van der Waals surface area (Å²) < 4.78 is 31.8. The fraction of sp³-hybridized carbons (Fsp3) is 0.0667. The largest absolute Gasteiger partial charge is 0.419 e. The van der Waals surface area contributed by atoms with Gasteiger partial charge in [-0.1, -0.05) is 30.3 Å². The lowest BCUT2D eigenvalue weighted by Gasteiger charge is -2.03. The fourth-order valence-electron chi connectivity index (χ4n) is 1.90. The lowest BCUT2D eigenvalue weighted by Crippen LogP contribution is -1.92. The van der Waals surface area contributed by atoms with Gasteiger partial charge in [-0.2, -0.15) is 0 Å². The van der Waals surface area contributed by atoms with E-state index in [9.17, 15) is 8.78 Å². The van der Waals surface area contributed by atoms with Crippen molar-refractivity contribution in [2.45, 2.75) is 5.38 Å². The minimum atomic E-state index is -0.713. The van der Waals surface area contributed by atoms with E-state index in [0.717, 1.165) is 23.8 Å². The normalized spacial score (nSPS) is 12.3. The van der Waals surface area contributed by atoms with E-state index < -0.39 is 17.0 Å². The Morgan fingerprint density at radius 3 is 2.29 bits per heavy atom. The Bertz CT molecular complexity index is 741. The molecule has 0 aliphatic carbocycles. The van der Waals surface area contributed by atoms with Crippen LogP contribution in [0.25, 0.3) is 11.5 Å². The molecule has 0 fully saturated rings. The Hall–Kier alpha value is -2.27. The van der Waals surface area contributed by atoms with Crippen LogP contribution in [0.2, 0.25) is 0 Å². The first-order valence-corrected chi connectivity index (χ1v) is 6.56. The third-order valence-corrected chi connectivity index (χ3v) is 3.30. The van der Waals surface area contributed by atoms with Crippen LogP contribution in [0.15, 0.2) is 52.9 Å². The van der Waals surface area contributed by atoms with Crippen LogP contribution in [-0.2, 0) is 0 Å². The van der Waals surface area contributed by atoms with Gasteiger partial charge in [0.2, 0.25) is 11.8 Å². The molecule has 0 aliphatic rings. The maximum Gasteiger partial charge on any atom is 0.248 e. The third-order valence-electron chi connectivity index (χ3n) is 2.86. The molecule has 1 unspecified atom stereocenters. The minimum Gasteiger partial charge on any atom is -0.419 e. The number of hydrogen-bond acceptors (Lipinski definition) is 3. The number of hydrogen-bond donors (Lipinski definition) is 0. The molecule has 0 spiro atoms. The second-order valence-corrected chi connectivity index (χ2v) is 4.81. The number of nitrogens with zero attached hydrogens (tertiary/aromatic N) is 2. The van der Waals surface area contributed by atoms with Gasteiger partial charge in [-0.25, -0.2) is 8.78 Å². The van der Waals surface area contributed by atoms with Crippen molar-refractivity contribution in [2.75, 3.05) is 0 Å². The van der Waals surface area contributed by atoms with Crippen LogP contribution in [0.1, 0.15) is 16.8 Å². The Balaban J connectivity index is 1.93. The van der Waals surface area contributed by atoms with Crippen LogP contribution in [0, 0.1) is 11.6 Å². The van der Waals surface area contributed by atoms with Crippen molar-refractivity contribution >= 4 is 11.6 Å². The monoisotopic (exact) mass is 306 g/mol. The van der Waals surface area contributed by atoms with Crippen LogP contribution in [-0.4, -0.2) is 10.2 Å². The molecule has 0 radical (unpaired) electrons. The highest BCUT2D eigenvalue weighted by Crippen LogP contribution is 2.30. The summed E-state index contributed by atoms with van der Waals surface area (Å²) in [5.41, 5.74) is 0.961. The summed E-state index contributed by atoms with van der Waals surface area (Å²) in [4.78, 5) is 0. The van der Waals surface area contributed by atoms with Gasteiger partial charge in [-0.3, -0.25) is 0 Å². The molecule has 3 rings (SSSR count). The molecule has 0 N–H and O–H groups in total. The first-order chi connectivity index (χ1) is 10.1. The van der Waals surface area contributed by atoms with Gasteiger partial charge in [0.05, 0.1) is 0 Å². The van der Waals surface area contributed by atoms with Gasteiger partial charge >= 0.3 is 0 Å². The van der Waals surface area contributed by atoms with E-state index in [4.69, 9.17) is 16.0 Å². The van der Waals surface area contributed by atoms with Gasteiger partial charge in [-0.15, -0.1) is 21.8 Å².